The third-order valence-electron chi connectivity index (χ3n) is 6.86. The van der Waals surface area contributed by atoms with Crippen molar-refractivity contribution in [3.05, 3.63) is 77.9 Å². The molecule has 1 amide bonds. The van der Waals surface area contributed by atoms with Gasteiger partial charge in [0.15, 0.2) is 6.79 Å². The van der Waals surface area contributed by atoms with Gasteiger partial charge in [-0.3, -0.25) is 0 Å². The molecule has 0 radical (unpaired) electrons. The zero-order valence-corrected chi connectivity index (χ0v) is 27.2. The number of nitrogens with zero attached hydrogens (tertiary/aromatic N) is 1. The molecule has 0 aliphatic carbocycles. The molecule has 0 bridgehead atoms. The Labute approximate surface area is 263 Å². The molecule has 0 spiro atoms. The lowest BCUT2D eigenvalue weighted by molar-refractivity contribution is -0.143. The Morgan fingerprint density at radius 1 is 0.956 bits per heavy atom. The maximum Gasteiger partial charge on any atom is 0.408 e. The molecule has 0 fully saturated rings. The van der Waals surface area contributed by atoms with E-state index in [1.807, 2.05) is 6.92 Å². The Morgan fingerprint density at radius 3 is 2.27 bits per heavy atom. The first-order chi connectivity index (χ1) is 21.3. The quantitative estimate of drug-likeness (QED) is 0.168. The zero-order chi connectivity index (χ0) is 32.9. The van der Waals surface area contributed by atoms with Crippen molar-refractivity contribution >= 4 is 33.0 Å². The average Bonchev–Trinajstić information content (AvgIpc) is 3.32. The minimum atomic E-state index is -4.23. The number of carbonyl (C=O) groups excluding carboxylic acids is 2. The molecule has 1 aromatic heterocycles. The summed E-state index contributed by atoms with van der Waals surface area (Å²) < 4.78 is 57.2. The van der Waals surface area contributed by atoms with E-state index in [4.69, 9.17) is 23.7 Å². The van der Waals surface area contributed by atoms with Crippen LogP contribution in [0.25, 0.3) is 22.2 Å². The Balaban J connectivity index is 2.06. The lowest BCUT2D eigenvalue weighted by Crippen LogP contribution is -2.45. The molecule has 3 aromatic carbocycles. The number of hydrogen-bond acceptors (Lipinski definition) is 9. The first kappa shape index (κ1) is 33.3. The van der Waals surface area contributed by atoms with E-state index in [-0.39, 0.29) is 29.6 Å². The molecule has 0 unspecified atom stereocenters. The molecule has 0 aliphatic rings. The van der Waals surface area contributed by atoms with E-state index in [1.165, 1.54) is 25.3 Å². The summed E-state index contributed by atoms with van der Waals surface area (Å²) in [6.07, 6.45) is -0.975. The summed E-state index contributed by atoms with van der Waals surface area (Å²) in [6.45, 7) is 6.84. The largest absolute Gasteiger partial charge is 0.497 e. The van der Waals surface area contributed by atoms with Gasteiger partial charge in [0.25, 0.3) is 10.0 Å². The number of benzene rings is 3. The molecule has 240 valence electrons. The number of methoxy groups -OCH3 is 3. The number of amides is 1. The predicted molar refractivity (Wildman–Crippen MR) is 169 cm³/mol. The Hall–Kier alpha value is -4.55. The number of ether oxygens (including phenoxy) is 5. The first-order valence-corrected chi connectivity index (χ1v) is 15.6. The van der Waals surface area contributed by atoms with Gasteiger partial charge in [0, 0.05) is 30.5 Å². The van der Waals surface area contributed by atoms with Crippen molar-refractivity contribution < 1.29 is 41.7 Å². The fraction of sp³-hybridized carbons (Fsp3) is 0.333. The van der Waals surface area contributed by atoms with Crippen molar-refractivity contribution in [2.45, 2.75) is 50.7 Å². The van der Waals surface area contributed by atoms with Crippen LogP contribution in [0.3, 0.4) is 0 Å². The van der Waals surface area contributed by atoms with Crippen molar-refractivity contribution in [3.8, 4) is 22.8 Å². The lowest BCUT2D eigenvalue weighted by atomic mass is 9.98. The molecule has 0 aliphatic heterocycles. The summed E-state index contributed by atoms with van der Waals surface area (Å²) in [5, 5.41) is 3.14. The maximum atomic E-state index is 14.5. The van der Waals surface area contributed by atoms with Crippen molar-refractivity contribution in [2.24, 2.45) is 0 Å². The van der Waals surface area contributed by atoms with Gasteiger partial charge in [-0.25, -0.2) is 22.0 Å². The van der Waals surface area contributed by atoms with Crippen LogP contribution < -0.4 is 14.8 Å². The Kier molecular flexibility index (Phi) is 10.1. The molecule has 0 saturated heterocycles. The number of esters is 1. The predicted octanol–water partition coefficient (Wildman–Crippen LogP) is 5.45. The highest BCUT2D eigenvalue weighted by atomic mass is 32.2. The van der Waals surface area contributed by atoms with Crippen LogP contribution in [-0.4, -0.2) is 64.2 Å². The minimum absolute atomic E-state index is 0.0610. The number of rotatable bonds is 11. The van der Waals surface area contributed by atoms with Gasteiger partial charge >= 0.3 is 12.1 Å². The van der Waals surface area contributed by atoms with E-state index in [0.717, 1.165) is 5.56 Å². The smallest absolute Gasteiger partial charge is 0.408 e. The van der Waals surface area contributed by atoms with Crippen molar-refractivity contribution in [3.63, 3.8) is 0 Å². The maximum absolute atomic E-state index is 14.5. The topological polar surface area (TPSA) is 131 Å². The van der Waals surface area contributed by atoms with Gasteiger partial charge in [0.05, 0.1) is 30.3 Å². The Bertz CT molecular complexity index is 1790. The van der Waals surface area contributed by atoms with Crippen LogP contribution in [0.4, 0.5) is 4.79 Å². The van der Waals surface area contributed by atoms with Crippen molar-refractivity contribution in [1.82, 2.24) is 9.29 Å². The first-order valence-electron chi connectivity index (χ1n) is 14.1. The molecule has 4 aromatic rings. The second-order valence-electron chi connectivity index (χ2n) is 11.3. The highest BCUT2D eigenvalue weighted by Gasteiger charge is 2.33. The fourth-order valence-corrected chi connectivity index (χ4v) is 6.43. The summed E-state index contributed by atoms with van der Waals surface area (Å²) in [6, 6.07) is 17.2. The number of aryl methyl sites for hydroxylation is 1. The van der Waals surface area contributed by atoms with E-state index >= 15 is 0 Å². The van der Waals surface area contributed by atoms with E-state index in [9.17, 15) is 18.0 Å². The van der Waals surface area contributed by atoms with Gasteiger partial charge in [0.1, 0.15) is 23.1 Å². The van der Waals surface area contributed by atoms with Crippen molar-refractivity contribution in [2.75, 3.05) is 28.1 Å². The van der Waals surface area contributed by atoms with E-state index in [1.54, 1.807) is 87.5 Å². The molecule has 1 heterocycles. The van der Waals surface area contributed by atoms with Crippen LogP contribution in [0.15, 0.2) is 71.6 Å². The number of fused-ring (bicyclic) bond motifs is 1. The lowest BCUT2D eigenvalue weighted by Gasteiger charge is -2.23. The van der Waals surface area contributed by atoms with E-state index < -0.39 is 33.7 Å². The van der Waals surface area contributed by atoms with Gasteiger partial charge in [0.2, 0.25) is 0 Å². The molecule has 0 saturated carbocycles. The summed E-state index contributed by atoms with van der Waals surface area (Å²) in [5.41, 5.74) is 1.48. The summed E-state index contributed by atoms with van der Waals surface area (Å²) in [4.78, 5) is 26.0. The van der Waals surface area contributed by atoms with Crippen LogP contribution >= 0.6 is 0 Å². The van der Waals surface area contributed by atoms with Crippen LogP contribution in [0.5, 0.6) is 11.5 Å². The normalized spacial score (nSPS) is 12.4. The van der Waals surface area contributed by atoms with Gasteiger partial charge in [-0.15, -0.1) is 0 Å². The Morgan fingerprint density at radius 2 is 1.64 bits per heavy atom. The molecule has 45 heavy (non-hydrogen) atoms. The zero-order valence-electron chi connectivity index (χ0n) is 26.4. The third kappa shape index (κ3) is 7.40. The monoisotopic (exact) mass is 638 g/mol. The van der Waals surface area contributed by atoms with Crippen LogP contribution in [-0.2, 0) is 35.4 Å². The van der Waals surface area contributed by atoms with Crippen molar-refractivity contribution in [1.29, 1.82) is 0 Å². The number of alkyl carbamates (subject to hydrolysis) is 1. The fourth-order valence-electron chi connectivity index (χ4n) is 4.88. The number of nitrogens with one attached hydrogen (secondary N) is 1. The van der Waals surface area contributed by atoms with Gasteiger partial charge in [-0.05, 0) is 63.6 Å². The second kappa shape index (κ2) is 13.6. The molecule has 12 heteroatoms. The van der Waals surface area contributed by atoms with E-state index in [2.05, 4.69) is 5.32 Å². The number of para-hydroxylation sites is 1. The van der Waals surface area contributed by atoms with Crippen LogP contribution in [0.2, 0.25) is 0 Å². The molecular formula is C33H38N2O9S. The molecule has 4 rings (SSSR count). The summed E-state index contributed by atoms with van der Waals surface area (Å²) in [7, 11) is -0.0565. The SMILES string of the molecule is COCOc1cc(OC)ccc1-c1c(C[C@H](NC(=O)OC(C)(C)C)C(=O)OC)c2ccccc2n1S(=O)(=O)c1ccc(C)cc1. The molecular weight excluding hydrogens is 600 g/mol. The van der Waals surface area contributed by atoms with Crippen LogP contribution in [0.1, 0.15) is 31.9 Å². The standard InChI is InChI=1S/C33H38N2O9S/c1-21-12-15-23(16-13-21)45(38,39)35-28-11-9-8-10-24(28)26(19-27(31(36)42-7)34-32(37)44-33(2,3)4)30(35)25-17-14-22(41-6)18-29(25)43-20-40-5/h8-18,27H,19-20H2,1-7H3,(H,34,37)/t27-/m0/s1. The van der Waals surface area contributed by atoms with E-state index in [0.29, 0.717) is 27.8 Å². The van der Waals surface area contributed by atoms with Gasteiger partial charge in [-0.2, -0.15) is 0 Å². The van der Waals surface area contributed by atoms with Crippen LogP contribution in [0, 0.1) is 6.92 Å². The molecule has 1 atom stereocenters. The van der Waals surface area contributed by atoms with Gasteiger partial charge in [-0.1, -0.05) is 35.9 Å². The number of hydrogen-bond donors (Lipinski definition) is 1. The number of aromatic nitrogens is 1. The molecule has 11 nitrogen and oxygen atoms in total. The van der Waals surface area contributed by atoms with Gasteiger partial charge < -0.3 is 29.0 Å². The summed E-state index contributed by atoms with van der Waals surface area (Å²) >= 11 is 0. The minimum Gasteiger partial charge on any atom is -0.497 e. The highest BCUT2D eigenvalue weighted by molar-refractivity contribution is 7.90. The summed E-state index contributed by atoms with van der Waals surface area (Å²) in [5.74, 6) is 0.000404. The average molecular weight is 639 g/mol. The number of carbonyl (C=O) groups is 2. The highest BCUT2D eigenvalue weighted by Crippen LogP contribution is 2.42. The molecule has 1 N–H and O–H groups in total. The third-order valence-corrected chi connectivity index (χ3v) is 8.59. The second-order valence-corrected chi connectivity index (χ2v) is 13.1.